The fourth-order valence-corrected chi connectivity index (χ4v) is 3.07. The van der Waals surface area contributed by atoms with Crippen LogP contribution in [0.4, 0.5) is 21.5 Å². The summed E-state index contributed by atoms with van der Waals surface area (Å²) in [5.74, 6) is -0.476. The highest BCUT2D eigenvalue weighted by Crippen LogP contribution is 2.22. The molecule has 0 radical (unpaired) electrons. The molecule has 1 aliphatic rings. The van der Waals surface area contributed by atoms with Crippen molar-refractivity contribution in [1.82, 2.24) is 0 Å². The smallest absolute Gasteiger partial charge is 0.243 e. The van der Waals surface area contributed by atoms with Gasteiger partial charge in [0.2, 0.25) is 5.91 Å². The van der Waals surface area contributed by atoms with E-state index in [-0.39, 0.29) is 18.3 Å². The minimum absolute atomic E-state index is 0.0954. The van der Waals surface area contributed by atoms with E-state index in [0.29, 0.717) is 5.69 Å². The van der Waals surface area contributed by atoms with Crippen LogP contribution in [0.2, 0.25) is 0 Å². The molecule has 1 heterocycles. The van der Waals surface area contributed by atoms with E-state index in [1.165, 1.54) is 37.1 Å². The van der Waals surface area contributed by atoms with Gasteiger partial charge in [-0.05, 0) is 68.1 Å². The average Bonchev–Trinajstić information content (AvgIpc) is 2.64. The third-order valence-electron chi connectivity index (χ3n) is 4.51. The molecule has 0 spiro atoms. The Labute approximate surface area is 148 Å². The zero-order valence-corrected chi connectivity index (χ0v) is 14.5. The average molecular weight is 341 g/mol. The SMILES string of the molecule is Cc1ccc(F)cc1NCC(=O)Nc1ccc(N2CCCCC2)cc1. The van der Waals surface area contributed by atoms with Crippen molar-refractivity contribution in [2.24, 2.45) is 0 Å². The van der Waals surface area contributed by atoms with E-state index in [0.717, 1.165) is 24.3 Å². The number of piperidine rings is 1. The maximum atomic E-state index is 13.3. The van der Waals surface area contributed by atoms with E-state index < -0.39 is 0 Å². The van der Waals surface area contributed by atoms with Gasteiger partial charge < -0.3 is 15.5 Å². The molecule has 0 unspecified atom stereocenters. The Morgan fingerprint density at radius 3 is 2.52 bits per heavy atom. The monoisotopic (exact) mass is 341 g/mol. The summed E-state index contributed by atoms with van der Waals surface area (Å²) in [4.78, 5) is 14.5. The summed E-state index contributed by atoms with van der Waals surface area (Å²) < 4.78 is 13.3. The van der Waals surface area contributed by atoms with Gasteiger partial charge in [-0.1, -0.05) is 6.07 Å². The molecule has 4 nitrogen and oxygen atoms in total. The maximum Gasteiger partial charge on any atom is 0.243 e. The molecule has 1 saturated heterocycles. The number of carbonyl (C=O) groups excluding carboxylic acids is 1. The van der Waals surface area contributed by atoms with Crippen molar-refractivity contribution in [3.8, 4) is 0 Å². The first-order valence-corrected chi connectivity index (χ1v) is 8.77. The largest absolute Gasteiger partial charge is 0.376 e. The van der Waals surface area contributed by atoms with Gasteiger partial charge in [0.1, 0.15) is 5.82 Å². The number of carbonyl (C=O) groups is 1. The quantitative estimate of drug-likeness (QED) is 0.858. The van der Waals surface area contributed by atoms with E-state index in [1.54, 1.807) is 6.07 Å². The van der Waals surface area contributed by atoms with Crippen molar-refractivity contribution in [3.05, 3.63) is 53.8 Å². The molecule has 1 aliphatic heterocycles. The molecular weight excluding hydrogens is 317 g/mol. The molecule has 0 saturated carbocycles. The first kappa shape index (κ1) is 17.3. The van der Waals surface area contributed by atoms with Crippen molar-refractivity contribution >= 4 is 23.0 Å². The fraction of sp³-hybridized carbons (Fsp3) is 0.350. The van der Waals surface area contributed by atoms with Crippen molar-refractivity contribution in [2.45, 2.75) is 26.2 Å². The van der Waals surface area contributed by atoms with Crippen LogP contribution in [0, 0.1) is 12.7 Å². The van der Waals surface area contributed by atoms with Crippen molar-refractivity contribution in [3.63, 3.8) is 0 Å². The highest BCUT2D eigenvalue weighted by molar-refractivity contribution is 5.94. The van der Waals surface area contributed by atoms with Gasteiger partial charge >= 0.3 is 0 Å². The lowest BCUT2D eigenvalue weighted by molar-refractivity contribution is -0.114. The number of hydrogen-bond acceptors (Lipinski definition) is 3. The summed E-state index contributed by atoms with van der Waals surface area (Å²) >= 11 is 0. The second-order valence-corrected chi connectivity index (χ2v) is 6.46. The Hall–Kier alpha value is -2.56. The number of rotatable bonds is 5. The maximum absolute atomic E-state index is 13.3. The molecule has 0 atom stereocenters. The van der Waals surface area contributed by atoms with Crippen LogP contribution in [0.15, 0.2) is 42.5 Å². The fourth-order valence-electron chi connectivity index (χ4n) is 3.07. The highest BCUT2D eigenvalue weighted by atomic mass is 19.1. The summed E-state index contributed by atoms with van der Waals surface area (Å²) in [6.45, 7) is 4.17. The van der Waals surface area contributed by atoms with Crippen molar-refractivity contribution < 1.29 is 9.18 Å². The summed E-state index contributed by atoms with van der Waals surface area (Å²) in [5.41, 5.74) is 3.51. The van der Waals surface area contributed by atoms with Gasteiger partial charge in [0.25, 0.3) is 0 Å². The summed E-state index contributed by atoms with van der Waals surface area (Å²) in [5, 5.41) is 5.84. The van der Waals surface area contributed by atoms with Gasteiger partial charge in [0, 0.05) is 30.2 Å². The second-order valence-electron chi connectivity index (χ2n) is 6.46. The molecule has 2 aromatic carbocycles. The second kappa shape index (κ2) is 8.01. The van der Waals surface area contributed by atoms with Crippen LogP contribution >= 0.6 is 0 Å². The van der Waals surface area contributed by atoms with Crippen LogP contribution in [-0.4, -0.2) is 25.5 Å². The predicted octanol–water partition coefficient (Wildman–Crippen LogP) is 4.18. The molecule has 25 heavy (non-hydrogen) atoms. The molecule has 2 N–H and O–H groups in total. The van der Waals surface area contributed by atoms with Gasteiger partial charge in [-0.25, -0.2) is 4.39 Å². The van der Waals surface area contributed by atoms with Gasteiger partial charge in [-0.3, -0.25) is 4.79 Å². The van der Waals surface area contributed by atoms with Crippen LogP contribution in [-0.2, 0) is 4.79 Å². The summed E-state index contributed by atoms with van der Waals surface area (Å²) in [7, 11) is 0. The molecule has 1 amide bonds. The van der Waals surface area contributed by atoms with Gasteiger partial charge in [-0.15, -0.1) is 0 Å². The van der Waals surface area contributed by atoms with Crippen LogP contribution in [0.1, 0.15) is 24.8 Å². The molecular formula is C20H24FN3O. The van der Waals surface area contributed by atoms with E-state index in [4.69, 9.17) is 0 Å². The van der Waals surface area contributed by atoms with E-state index in [1.807, 2.05) is 31.2 Å². The molecule has 2 aromatic rings. The van der Waals surface area contributed by atoms with Crippen LogP contribution in [0.3, 0.4) is 0 Å². The molecule has 132 valence electrons. The number of nitrogens with one attached hydrogen (secondary N) is 2. The number of hydrogen-bond donors (Lipinski definition) is 2. The Morgan fingerprint density at radius 2 is 1.80 bits per heavy atom. The van der Waals surface area contributed by atoms with Crippen molar-refractivity contribution in [1.29, 1.82) is 0 Å². The van der Waals surface area contributed by atoms with E-state index >= 15 is 0 Å². The minimum atomic E-state index is -0.318. The van der Waals surface area contributed by atoms with Gasteiger partial charge in [0.05, 0.1) is 6.54 Å². The number of aryl methyl sites for hydroxylation is 1. The Kier molecular flexibility index (Phi) is 5.53. The van der Waals surface area contributed by atoms with Gasteiger partial charge in [0.15, 0.2) is 0 Å². The normalized spacial score (nSPS) is 14.2. The van der Waals surface area contributed by atoms with Crippen LogP contribution in [0.25, 0.3) is 0 Å². The third kappa shape index (κ3) is 4.72. The van der Waals surface area contributed by atoms with Crippen molar-refractivity contribution in [2.75, 3.05) is 35.2 Å². The Bertz CT molecular complexity index is 724. The number of halogens is 1. The number of amides is 1. The topological polar surface area (TPSA) is 44.4 Å². The lowest BCUT2D eigenvalue weighted by atomic mass is 10.1. The molecule has 0 aliphatic carbocycles. The number of benzene rings is 2. The first-order chi connectivity index (χ1) is 12.1. The molecule has 0 aromatic heterocycles. The highest BCUT2D eigenvalue weighted by Gasteiger charge is 2.11. The molecule has 0 bridgehead atoms. The standard InChI is InChI=1S/C20H24FN3O/c1-15-5-6-16(21)13-19(15)22-14-20(25)23-17-7-9-18(10-8-17)24-11-3-2-4-12-24/h5-10,13,22H,2-4,11-12,14H2,1H3,(H,23,25). The summed E-state index contributed by atoms with van der Waals surface area (Å²) in [6.07, 6.45) is 3.79. The van der Waals surface area contributed by atoms with Gasteiger partial charge in [-0.2, -0.15) is 0 Å². The zero-order chi connectivity index (χ0) is 17.6. The van der Waals surface area contributed by atoms with Crippen LogP contribution in [0.5, 0.6) is 0 Å². The Morgan fingerprint density at radius 1 is 1.08 bits per heavy atom. The number of nitrogens with zero attached hydrogens (tertiary/aromatic N) is 1. The van der Waals surface area contributed by atoms with E-state index in [2.05, 4.69) is 15.5 Å². The lowest BCUT2D eigenvalue weighted by Crippen LogP contribution is -2.29. The molecule has 1 fully saturated rings. The van der Waals surface area contributed by atoms with Crippen LogP contribution < -0.4 is 15.5 Å². The third-order valence-corrected chi connectivity index (χ3v) is 4.51. The summed E-state index contributed by atoms with van der Waals surface area (Å²) in [6, 6.07) is 12.4. The molecule has 3 rings (SSSR count). The lowest BCUT2D eigenvalue weighted by Gasteiger charge is -2.28. The first-order valence-electron chi connectivity index (χ1n) is 8.77. The molecule has 5 heteroatoms. The zero-order valence-electron chi connectivity index (χ0n) is 14.5. The number of anilines is 3. The predicted molar refractivity (Wildman–Crippen MR) is 101 cm³/mol. The Balaban J connectivity index is 1.53. The van der Waals surface area contributed by atoms with E-state index in [9.17, 15) is 9.18 Å². The minimum Gasteiger partial charge on any atom is -0.376 e.